The monoisotopic (exact) mass is 346 g/mol. The molecule has 0 bridgehead atoms. The van der Waals surface area contributed by atoms with Gasteiger partial charge in [0, 0.05) is 41.4 Å². The predicted molar refractivity (Wildman–Crippen MR) is 98.3 cm³/mol. The van der Waals surface area contributed by atoms with E-state index in [4.69, 9.17) is 4.74 Å². The number of aromatic amines is 1. The van der Waals surface area contributed by atoms with E-state index in [1.807, 2.05) is 10.7 Å². The van der Waals surface area contributed by atoms with E-state index >= 15 is 0 Å². The second-order valence-corrected chi connectivity index (χ2v) is 6.09. The summed E-state index contributed by atoms with van der Waals surface area (Å²) in [5.74, 6) is 0.907. The molecule has 128 valence electrons. The number of hydrogen-bond acceptors (Lipinski definition) is 3. The molecule has 0 saturated carbocycles. The molecule has 0 spiro atoms. The minimum absolute atomic E-state index is 0. The number of fused-ring (bicyclic) bond motifs is 3. The Kier molecular flexibility index (Phi) is 4.56. The summed E-state index contributed by atoms with van der Waals surface area (Å²) in [6, 6.07) is 6.42. The van der Waals surface area contributed by atoms with Crippen molar-refractivity contribution in [1.29, 1.82) is 0 Å². The average Bonchev–Trinajstić information content (AvgIpc) is 3.14. The van der Waals surface area contributed by atoms with E-state index in [0.717, 1.165) is 31.0 Å². The molecule has 1 aliphatic rings. The Balaban J connectivity index is 0.00000169. The molecule has 0 amide bonds. The SMILES string of the molecule is CCn1cc(C2NCCc3c2[nH]c2ccc(OC)cc32)c(C)n1.Cl. The molecule has 6 heteroatoms. The normalized spacial score (nSPS) is 16.7. The Bertz CT molecular complexity index is 867. The maximum absolute atomic E-state index is 5.39. The molecule has 1 aromatic carbocycles. The van der Waals surface area contributed by atoms with E-state index in [-0.39, 0.29) is 18.4 Å². The minimum Gasteiger partial charge on any atom is -0.497 e. The number of ether oxygens (including phenoxy) is 1. The van der Waals surface area contributed by atoms with Crippen LogP contribution in [0.3, 0.4) is 0 Å². The molecule has 1 atom stereocenters. The lowest BCUT2D eigenvalue weighted by molar-refractivity contribution is 0.415. The number of H-pyrrole nitrogens is 1. The fourth-order valence-electron chi connectivity index (χ4n) is 3.58. The Labute approximate surface area is 147 Å². The molecule has 0 radical (unpaired) electrons. The van der Waals surface area contributed by atoms with Gasteiger partial charge in [-0.05, 0) is 44.0 Å². The van der Waals surface area contributed by atoms with Gasteiger partial charge in [-0.3, -0.25) is 4.68 Å². The highest BCUT2D eigenvalue weighted by molar-refractivity contribution is 5.86. The number of halogens is 1. The molecule has 3 aromatic rings. The van der Waals surface area contributed by atoms with Gasteiger partial charge in [-0.25, -0.2) is 0 Å². The second-order valence-electron chi connectivity index (χ2n) is 6.09. The topological polar surface area (TPSA) is 54.9 Å². The van der Waals surface area contributed by atoms with Crippen LogP contribution in [0.5, 0.6) is 5.75 Å². The fourth-order valence-corrected chi connectivity index (χ4v) is 3.58. The van der Waals surface area contributed by atoms with Crippen LogP contribution >= 0.6 is 12.4 Å². The van der Waals surface area contributed by atoms with Crippen molar-refractivity contribution in [2.24, 2.45) is 0 Å². The number of benzene rings is 1. The first-order chi connectivity index (χ1) is 11.2. The third-order valence-corrected chi connectivity index (χ3v) is 4.78. The third-order valence-electron chi connectivity index (χ3n) is 4.78. The van der Waals surface area contributed by atoms with Crippen LogP contribution in [0.4, 0.5) is 0 Å². The van der Waals surface area contributed by atoms with Gasteiger partial charge in [0.05, 0.1) is 18.8 Å². The molecular formula is C18H23ClN4O. The summed E-state index contributed by atoms with van der Waals surface area (Å²) in [5.41, 5.74) is 6.18. The molecule has 24 heavy (non-hydrogen) atoms. The highest BCUT2D eigenvalue weighted by Crippen LogP contribution is 2.35. The van der Waals surface area contributed by atoms with Crippen LogP contribution in [0.15, 0.2) is 24.4 Å². The van der Waals surface area contributed by atoms with Gasteiger partial charge in [0.15, 0.2) is 0 Å². The number of nitrogens with zero attached hydrogens (tertiary/aromatic N) is 2. The van der Waals surface area contributed by atoms with Gasteiger partial charge in [0.1, 0.15) is 5.75 Å². The van der Waals surface area contributed by atoms with Crippen molar-refractivity contribution in [3.63, 3.8) is 0 Å². The van der Waals surface area contributed by atoms with Crippen molar-refractivity contribution in [2.45, 2.75) is 32.9 Å². The first kappa shape index (κ1) is 16.9. The van der Waals surface area contributed by atoms with Gasteiger partial charge in [0.25, 0.3) is 0 Å². The zero-order chi connectivity index (χ0) is 16.0. The summed E-state index contributed by atoms with van der Waals surface area (Å²) < 4.78 is 7.39. The molecule has 2 aromatic heterocycles. The van der Waals surface area contributed by atoms with E-state index in [0.29, 0.717) is 0 Å². The summed E-state index contributed by atoms with van der Waals surface area (Å²) in [4.78, 5) is 3.62. The molecule has 2 N–H and O–H groups in total. The first-order valence-electron chi connectivity index (χ1n) is 8.17. The molecule has 1 unspecified atom stereocenters. The number of hydrogen-bond donors (Lipinski definition) is 2. The van der Waals surface area contributed by atoms with Crippen molar-refractivity contribution >= 4 is 23.3 Å². The average molecular weight is 347 g/mol. The van der Waals surface area contributed by atoms with Crippen molar-refractivity contribution in [3.05, 3.63) is 46.9 Å². The zero-order valence-electron chi connectivity index (χ0n) is 14.2. The number of aryl methyl sites for hydroxylation is 2. The van der Waals surface area contributed by atoms with E-state index in [2.05, 4.69) is 47.6 Å². The number of nitrogens with one attached hydrogen (secondary N) is 2. The predicted octanol–water partition coefficient (Wildman–Crippen LogP) is 3.36. The molecule has 0 fully saturated rings. The molecule has 1 aliphatic heterocycles. The fraction of sp³-hybridized carbons (Fsp3) is 0.389. The van der Waals surface area contributed by atoms with E-state index in [1.54, 1.807) is 7.11 Å². The van der Waals surface area contributed by atoms with Crippen LogP contribution in [0, 0.1) is 6.92 Å². The first-order valence-corrected chi connectivity index (χ1v) is 8.17. The summed E-state index contributed by atoms with van der Waals surface area (Å²) in [6.07, 6.45) is 3.19. The number of methoxy groups -OCH3 is 1. The lowest BCUT2D eigenvalue weighted by atomic mass is 9.95. The lowest BCUT2D eigenvalue weighted by Crippen LogP contribution is -2.30. The van der Waals surface area contributed by atoms with E-state index < -0.39 is 0 Å². The Morgan fingerprint density at radius 3 is 2.92 bits per heavy atom. The van der Waals surface area contributed by atoms with Gasteiger partial charge in [-0.15, -0.1) is 12.4 Å². The van der Waals surface area contributed by atoms with Crippen LogP contribution in [0.1, 0.15) is 35.5 Å². The smallest absolute Gasteiger partial charge is 0.119 e. The summed E-state index contributed by atoms with van der Waals surface area (Å²) >= 11 is 0. The number of aromatic nitrogens is 3. The van der Waals surface area contributed by atoms with Crippen molar-refractivity contribution in [2.75, 3.05) is 13.7 Å². The molecule has 5 nitrogen and oxygen atoms in total. The van der Waals surface area contributed by atoms with Crippen LogP contribution in [-0.2, 0) is 13.0 Å². The molecule has 0 saturated heterocycles. The van der Waals surface area contributed by atoms with Crippen molar-refractivity contribution < 1.29 is 4.74 Å². The van der Waals surface area contributed by atoms with E-state index in [9.17, 15) is 0 Å². The minimum atomic E-state index is 0. The Hall–Kier alpha value is -1.98. The highest BCUT2D eigenvalue weighted by atomic mass is 35.5. The standard InChI is InChI=1S/C18H22N4O.ClH/c1-4-22-10-15(11(2)21-22)17-18-13(7-8-19-17)14-9-12(23-3)5-6-16(14)20-18;/h5-6,9-10,17,19-20H,4,7-8H2,1-3H3;1H. The summed E-state index contributed by atoms with van der Waals surface area (Å²) in [7, 11) is 1.72. The maximum Gasteiger partial charge on any atom is 0.119 e. The zero-order valence-corrected chi connectivity index (χ0v) is 15.0. The van der Waals surface area contributed by atoms with Gasteiger partial charge in [-0.2, -0.15) is 5.10 Å². The summed E-state index contributed by atoms with van der Waals surface area (Å²) in [6.45, 7) is 6.07. The van der Waals surface area contributed by atoms with Gasteiger partial charge in [0.2, 0.25) is 0 Å². The second kappa shape index (κ2) is 6.49. The van der Waals surface area contributed by atoms with Crippen LogP contribution in [-0.4, -0.2) is 28.4 Å². The highest BCUT2D eigenvalue weighted by Gasteiger charge is 2.27. The van der Waals surface area contributed by atoms with Crippen molar-refractivity contribution in [3.8, 4) is 5.75 Å². The molecule has 3 heterocycles. The molecule has 4 rings (SSSR count). The van der Waals surface area contributed by atoms with E-state index in [1.165, 1.54) is 27.7 Å². The van der Waals surface area contributed by atoms with Gasteiger partial charge < -0.3 is 15.0 Å². The summed E-state index contributed by atoms with van der Waals surface area (Å²) in [5, 5.41) is 9.51. The lowest BCUT2D eigenvalue weighted by Gasteiger charge is -2.24. The van der Waals surface area contributed by atoms with Crippen LogP contribution in [0.2, 0.25) is 0 Å². The van der Waals surface area contributed by atoms with Gasteiger partial charge >= 0.3 is 0 Å². The largest absolute Gasteiger partial charge is 0.497 e. The third kappa shape index (κ3) is 2.58. The molecular weight excluding hydrogens is 324 g/mol. The maximum atomic E-state index is 5.39. The van der Waals surface area contributed by atoms with Gasteiger partial charge in [-0.1, -0.05) is 0 Å². The Morgan fingerprint density at radius 2 is 2.21 bits per heavy atom. The number of rotatable bonds is 3. The Morgan fingerprint density at radius 1 is 1.38 bits per heavy atom. The molecule has 0 aliphatic carbocycles. The quantitative estimate of drug-likeness (QED) is 0.764. The van der Waals surface area contributed by atoms with Crippen LogP contribution in [0.25, 0.3) is 10.9 Å². The van der Waals surface area contributed by atoms with Crippen molar-refractivity contribution in [1.82, 2.24) is 20.1 Å². The van der Waals surface area contributed by atoms with Crippen LogP contribution < -0.4 is 10.1 Å².